The lowest BCUT2D eigenvalue weighted by molar-refractivity contribution is -0.160. The van der Waals surface area contributed by atoms with Crippen molar-refractivity contribution < 1.29 is 95.9 Å². The lowest BCUT2D eigenvalue weighted by Gasteiger charge is -2.29. The number of nitrogens with one attached hydrogen (secondary N) is 9. The molecule has 0 radical (unpaired) electrons. The molecule has 0 heterocycles. The highest BCUT2D eigenvalue weighted by Gasteiger charge is 2.37. The third-order valence-electron chi connectivity index (χ3n) is 22.4. The summed E-state index contributed by atoms with van der Waals surface area (Å²) in [4.78, 5) is 169. The van der Waals surface area contributed by atoms with Gasteiger partial charge in [0.15, 0.2) is 0 Å². The SMILES string of the molecule is CC(C)(C)OC(=O)CC[C@H](NC(=O)N[C@@H](CCCCNC(=O)[C@H](Cc1ccc2ccccc2c1)NC(=O)C1CCC(CN)CC1)C(=O)O)C(=O)OC(C)(C)C.COC(=O)[C@H](CCCCNC(=O)[C@H](Cc1ccc2ccccc2c1)NC(=O)C1CCC(CNC(=O)OCC2c3ccccc3-c3ccccc32)CC1)NC(=O)N[C@@H](CCC(=O)OC(C)(C)C)C(=O)OC(C)(C)C. The van der Waals surface area contributed by atoms with Gasteiger partial charge >= 0.3 is 54.0 Å². The van der Waals surface area contributed by atoms with Crippen LogP contribution in [0.5, 0.6) is 0 Å². The van der Waals surface area contributed by atoms with E-state index in [4.69, 9.17) is 34.2 Å². The predicted octanol–water partition coefficient (Wildman–Crippen LogP) is 12.7. The van der Waals surface area contributed by atoms with Gasteiger partial charge in [-0.3, -0.25) is 28.8 Å². The molecule has 2 fully saturated rings. The quantitative estimate of drug-likeness (QED) is 0.00970. The Kier molecular flexibility index (Phi) is 38.5. The molecule has 6 aromatic rings. The summed E-state index contributed by atoms with van der Waals surface area (Å²) >= 11 is 0. The number of ether oxygens (including phenoxy) is 6. The number of aliphatic carboxylic acids is 1. The monoisotopic (exact) mass is 1770 g/mol. The Labute approximate surface area is 751 Å². The molecule has 9 amide bonds. The molecule has 0 aliphatic heterocycles. The van der Waals surface area contributed by atoms with Crippen molar-refractivity contribution in [3.8, 4) is 11.1 Å². The molecule has 0 saturated heterocycles. The van der Waals surface area contributed by atoms with Crippen molar-refractivity contribution in [3.05, 3.63) is 156 Å². The van der Waals surface area contributed by atoms with E-state index in [0.29, 0.717) is 64.0 Å². The van der Waals surface area contributed by atoms with Crippen LogP contribution in [0.2, 0.25) is 0 Å². The van der Waals surface area contributed by atoms with Crippen LogP contribution in [0.25, 0.3) is 32.7 Å². The summed E-state index contributed by atoms with van der Waals surface area (Å²) in [6.45, 7) is 22.0. The lowest BCUT2D eigenvalue weighted by Crippen LogP contribution is -2.52. The van der Waals surface area contributed by atoms with Crippen molar-refractivity contribution in [2.24, 2.45) is 29.4 Å². The van der Waals surface area contributed by atoms with E-state index in [0.717, 1.165) is 93.5 Å². The molecule has 12 N–H and O–H groups in total. The fourth-order valence-corrected chi connectivity index (χ4v) is 15.9. The molecule has 6 aromatic carbocycles. The highest BCUT2D eigenvalue weighted by molar-refractivity contribution is 5.92. The summed E-state index contributed by atoms with van der Waals surface area (Å²) in [5, 5.41) is 38.8. The maximum atomic E-state index is 13.9. The van der Waals surface area contributed by atoms with E-state index in [1.54, 1.807) is 83.1 Å². The summed E-state index contributed by atoms with van der Waals surface area (Å²) < 4.78 is 32.3. The van der Waals surface area contributed by atoms with Gasteiger partial charge in [-0.2, -0.15) is 0 Å². The Hall–Kier alpha value is -11.7. The van der Waals surface area contributed by atoms with Crippen LogP contribution in [0, 0.1) is 23.7 Å². The minimum atomic E-state index is -1.30. The molecule has 9 rings (SSSR count). The number of carbonyl (C=O) groups is 13. The van der Waals surface area contributed by atoms with Crippen molar-refractivity contribution in [2.45, 2.75) is 276 Å². The van der Waals surface area contributed by atoms with Crippen LogP contribution in [0.15, 0.2) is 133 Å². The maximum absolute atomic E-state index is 13.9. The minimum Gasteiger partial charge on any atom is -0.480 e. The fraction of sp³-hybridized carbons (Fsp3) is 0.541. The van der Waals surface area contributed by atoms with Gasteiger partial charge in [-0.05, 0) is 259 Å². The predicted molar refractivity (Wildman–Crippen MR) is 486 cm³/mol. The second kappa shape index (κ2) is 48.5. The number of unbranched alkanes of at least 4 members (excludes halogenated alkanes) is 2. The van der Waals surface area contributed by atoms with Crippen LogP contribution < -0.4 is 53.6 Å². The van der Waals surface area contributed by atoms with Crippen LogP contribution in [0.4, 0.5) is 14.4 Å². The van der Waals surface area contributed by atoms with E-state index in [2.05, 4.69) is 72.1 Å². The highest BCUT2D eigenvalue weighted by atomic mass is 16.6. The van der Waals surface area contributed by atoms with E-state index in [1.165, 1.54) is 7.11 Å². The Balaban J connectivity index is 0.000000330. The second-order valence-electron chi connectivity index (χ2n) is 37.5. The lowest BCUT2D eigenvalue weighted by atomic mass is 9.81. The van der Waals surface area contributed by atoms with Gasteiger partial charge in [0.25, 0.3) is 0 Å². The first-order chi connectivity index (χ1) is 60.6. The molecule has 696 valence electrons. The molecule has 2 saturated carbocycles. The molecular formula is C98H134N10O20. The molecule has 0 bridgehead atoms. The Morgan fingerprint density at radius 3 is 1.18 bits per heavy atom. The van der Waals surface area contributed by atoms with Crippen LogP contribution in [0.3, 0.4) is 0 Å². The maximum Gasteiger partial charge on any atom is 0.407 e. The number of alkyl carbamates (subject to hydrolysis) is 1. The number of urea groups is 2. The first-order valence-electron chi connectivity index (χ1n) is 44.8. The Bertz CT molecular complexity index is 4730. The molecule has 3 aliphatic rings. The number of methoxy groups -OCH3 is 1. The van der Waals surface area contributed by atoms with E-state index >= 15 is 0 Å². The molecule has 30 nitrogen and oxygen atoms in total. The van der Waals surface area contributed by atoms with Gasteiger partial charge in [0.05, 0.1) is 7.11 Å². The highest BCUT2D eigenvalue weighted by Crippen LogP contribution is 2.45. The topological polar surface area (TPSA) is 432 Å². The number of hydrogen-bond donors (Lipinski definition) is 11. The number of benzene rings is 6. The average molecular weight is 1770 g/mol. The summed E-state index contributed by atoms with van der Waals surface area (Å²) in [5.41, 5.74) is 9.02. The molecule has 3 aliphatic carbocycles. The smallest absolute Gasteiger partial charge is 0.407 e. The first kappa shape index (κ1) is 102. The number of carboxylic acids is 1. The number of nitrogens with two attached hydrogens (primary N) is 1. The third-order valence-corrected chi connectivity index (χ3v) is 22.4. The van der Waals surface area contributed by atoms with E-state index < -0.39 is 113 Å². The van der Waals surface area contributed by atoms with Crippen LogP contribution >= 0.6 is 0 Å². The zero-order valence-electron chi connectivity index (χ0n) is 76.5. The number of fused-ring (bicyclic) bond motifs is 5. The Morgan fingerprint density at radius 2 is 0.781 bits per heavy atom. The standard InChI is InChI=1S/C57H73N5O11.C41H61N5O9/c1-56(2,3)72-49(63)30-29-47(53(67)73-57(4,5)6)62-54(68)61-46(52(66)70-7)22-14-15-31-58-51(65)48(33-37-25-26-38-16-8-9-17-40(38)32-37)60-50(64)39-27-23-36(24-28-39)34-59-55(69)71-35-45-43-20-12-10-18-41(43)42-19-11-13-21-44(42)45;1-40(2,3)54-34(47)21-20-32(38(52)55-41(4,5)6)46-39(53)45-31(37(50)51)13-9-10-22-43-36(49)33(44-35(48)29-18-14-26(25-42)15-19-29)24-27-16-17-28-11-7-8-12-30(28)23-27/h8-13,16-21,25-26,32,36,39,45-48H,14-15,22-24,27-31,33-35H2,1-7H3,(H,58,65)(H,59,69)(H,60,64)(H2,61,62,68);7-8,11-12,16-17,23,26,29,31-33H,9-10,13-15,18-22,24-25,42H2,1-6H3,(H,43,49)(H,44,48)(H,50,51)(H2,45,46,53)/t36?,39?,46-,47-,48-;26?,29?,31-,32-,33-/m00/s1. The average Bonchev–Trinajstić information content (AvgIpc) is 1.61. The molecule has 6 atom stereocenters. The second-order valence-corrected chi connectivity index (χ2v) is 37.5. The molecular weight excluding hydrogens is 1640 g/mol. The largest absolute Gasteiger partial charge is 0.480 e. The number of amides is 9. The van der Waals surface area contributed by atoms with E-state index in [-0.39, 0.29) is 112 Å². The molecule has 0 aromatic heterocycles. The van der Waals surface area contributed by atoms with Crippen LogP contribution in [-0.2, 0) is 89.2 Å². The van der Waals surface area contributed by atoms with Crippen molar-refractivity contribution in [1.82, 2.24) is 47.9 Å². The molecule has 0 unspecified atom stereocenters. The van der Waals surface area contributed by atoms with Crippen molar-refractivity contribution in [1.29, 1.82) is 0 Å². The first-order valence-corrected chi connectivity index (χ1v) is 44.8. The zero-order valence-corrected chi connectivity index (χ0v) is 76.5. The van der Waals surface area contributed by atoms with Crippen LogP contribution in [0.1, 0.15) is 227 Å². The minimum absolute atomic E-state index is 0.0321. The van der Waals surface area contributed by atoms with Gasteiger partial charge in [0, 0.05) is 63.1 Å². The zero-order chi connectivity index (χ0) is 93.5. The summed E-state index contributed by atoms with van der Waals surface area (Å²) in [6.07, 6.45) is 7.10. The van der Waals surface area contributed by atoms with E-state index in [1.807, 2.05) is 109 Å². The van der Waals surface area contributed by atoms with Gasteiger partial charge < -0.3 is 87.1 Å². The van der Waals surface area contributed by atoms with Gasteiger partial charge in [-0.25, -0.2) is 33.6 Å². The number of esters is 5. The van der Waals surface area contributed by atoms with Crippen LogP contribution in [-0.4, -0.2) is 181 Å². The number of carbonyl (C=O) groups excluding carboxylic acids is 12. The molecule has 128 heavy (non-hydrogen) atoms. The number of hydrogen-bond acceptors (Lipinski definition) is 20. The summed E-state index contributed by atoms with van der Waals surface area (Å²) in [6, 6.07) is 35.9. The summed E-state index contributed by atoms with van der Waals surface area (Å²) in [7, 11) is 1.20. The van der Waals surface area contributed by atoms with Gasteiger partial charge in [-0.15, -0.1) is 0 Å². The van der Waals surface area contributed by atoms with E-state index in [9.17, 15) is 67.4 Å². The third kappa shape index (κ3) is 34.5. The normalized spacial score (nSPS) is 17.0. The Morgan fingerprint density at radius 1 is 0.406 bits per heavy atom. The molecule has 30 heteroatoms. The van der Waals surface area contributed by atoms with Crippen molar-refractivity contribution in [2.75, 3.05) is 39.9 Å². The molecule has 0 spiro atoms. The van der Waals surface area contributed by atoms with Crippen molar-refractivity contribution in [3.63, 3.8) is 0 Å². The van der Waals surface area contributed by atoms with Gasteiger partial charge in [0.1, 0.15) is 65.3 Å². The summed E-state index contributed by atoms with van der Waals surface area (Å²) in [5.74, 6) is -5.61. The van der Waals surface area contributed by atoms with Crippen molar-refractivity contribution >= 4 is 99.1 Å². The number of carboxylic acid groups (broad SMARTS) is 1. The van der Waals surface area contributed by atoms with Gasteiger partial charge in [0.2, 0.25) is 23.6 Å². The number of rotatable bonds is 39. The fourth-order valence-electron chi connectivity index (χ4n) is 15.9. The van der Waals surface area contributed by atoms with Gasteiger partial charge in [-0.1, -0.05) is 133 Å².